The fourth-order valence-corrected chi connectivity index (χ4v) is 2.39. The minimum absolute atomic E-state index is 0.0606. The zero-order chi connectivity index (χ0) is 13.2. The standard InChI is InChI=1S/C12H8Cl2O3S/c13-11-8-10(18(14,15)16)6-7-12(11)17-9-4-2-1-3-5-9/h1-8H. The molecule has 0 spiro atoms. The molecule has 3 nitrogen and oxygen atoms in total. The average Bonchev–Trinajstić information content (AvgIpc) is 2.32. The Hall–Kier alpha value is -1.23. The Bertz CT molecular complexity index is 654. The first-order valence-corrected chi connectivity index (χ1v) is 7.63. The van der Waals surface area contributed by atoms with Gasteiger partial charge in [-0.1, -0.05) is 29.8 Å². The van der Waals surface area contributed by atoms with Crippen LogP contribution in [0.4, 0.5) is 0 Å². The molecule has 18 heavy (non-hydrogen) atoms. The third-order valence-electron chi connectivity index (χ3n) is 2.16. The van der Waals surface area contributed by atoms with E-state index in [2.05, 4.69) is 0 Å². The lowest BCUT2D eigenvalue weighted by Gasteiger charge is -2.07. The van der Waals surface area contributed by atoms with Crippen molar-refractivity contribution in [1.29, 1.82) is 0 Å². The molecule has 2 aromatic rings. The van der Waals surface area contributed by atoms with E-state index in [1.165, 1.54) is 18.2 Å². The van der Waals surface area contributed by atoms with Gasteiger partial charge >= 0.3 is 0 Å². The van der Waals surface area contributed by atoms with Gasteiger partial charge in [-0.2, -0.15) is 0 Å². The predicted molar refractivity (Wildman–Crippen MR) is 71.0 cm³/mol. The molecule has 0 saturated carbocycles. The van der Waals surface area contributed by atoms with E-state index < -0.39 is 9.05 Å². The van der Waals surface area contributed by atoms with Crippen LogP contribution in [0.25, 0.3) is 0 Å². The molecular weight excluding hydrogens is 295 g/mol. The highest BCUT2D eigenvalue weighted by Gasteiger charge is 2.13. The predicted octanol–water partition coefficient (Wildman–Crippen LogP) is 4.06. The van der Waals surface area contributed by atoms with Crippen LogP contribution in [0.1, 0.15) is 0 Å². The Kier molecular flexibility index (Phi) is 3.80. The Labute approximate surface area is 114 Å². The second kappa shape index (κ2) is 5.18. The molecule has 0 unspecified atom stereocenters. The molecule has 0 aliphatic carbocycles. The molecule has 0 radical (unpaired) electrons. The zero-order valence-electron chi connectivity index (χ0n) is 9.01. The molecule has 2 rings (SSSR count). The van der Waals surface area contributed by atoms with Gasteiger partial charge < -0.3 is 4.74 Å². The van der Waals surface area contributed by atoms with E-state index >= 15 is 0 Å². The normalized spacial score (nSPS) is 11.2. The van der Waals surface area contributed by atoms with Crippen LogP contribution in [0.5, 0.6) is 11.5 Å². The summed E-state index contributed by atoms with van der Waals surface area (Å²) in [7, 11) is 1.43. The van der Waals surface area contributed by atoms with Gasteiger partial charge in [0.25, 0.3) is 9.05 Å². The van der Waals surface area contributed by atoms with Crippen molar-refractivity contribution in [3.8, 4) is 11.5 Å². The Balaban J connectivity index is 2.32. The van der Waals surface area contributed by atoms with E-state index in [0.29, 0.717) is 11.5 Å². The van der Waals surface area contributed by atoms with Crippen molar-refractivity contribution in [2.24, 2.45) is 0 Å². The minimum atomic E-state index is -3.78. The molecule has 0 amide bonds. The van der Waals surface area contributed by atoms with Crippen LogP contribution in [-0.2, 0) is 9.05 Å². The number of rotatable bonds is 3. The smallest absolute Gasteiger partial charge is 0.261 e. The summed E-state index contributed by atoms with van der Waals surface area (Å²) in [6.07, 6.45) is 0. The van der Waals surface area contributed by atoms with E-state index in [9.17, 15) is 8.42 Å². The molecule has 0 bridgehead atoms. The summed E-state index contributed by atoms with van der Waals surface area (Å²) in [6.45, 7) is 0. The molecular formula is C12H8Cl2O3S. The summed E-state index contributed by atoms with van der Waals surface area (Å²) in [5.41, 5.74) is 0. The zero-order valence-corrected chi connectivity index (χ0v) is 11.3. The van der Waals surface area contributed by atoms with Crippen LogP contribution in [0.3, 0.4) is 0 Å². The highest BCUT2D eigenvalue weighted by atomic mass is 35.7. The maximum atomic E-state index is 11.1. The summed E-state index contributed by atoms with van der Waals surface area (Å²) in [6, 6.07) is 13.1. The molecule has 94 valence electrons. The lowest BCUT2D eigenvalue weighted by atomic mass is 10.3. The van der Waals surface area contributed by atoms with Crippen molar-refractivity contribution in [2.45, 2.75) is 4.90 Å². The topological polar surface area (TPSA) is 43.4 Å². The lowest BCUT2D eigenvalue weighted by molar-refractivity contribution is 0.482. The lowest BCUT2D eigenvalue weighted by Crippen LogP contribution is -1.92. The van der Waals surface area contributed by atoms with Gasteiger partial charge in [0, 0.05) is 10.7 Å². The van der Waals surface area contributed by atoms with Gasteiger partial charge in [0.2, 0.25) is 0 Å². The number of benzene rings is 2. The molecule has 0 aliphatic heterocycles. The van der Waals surface area contributed by atoms with Crippen LogP contribution in [0, 0.1) is 0 Å². The molecule has 0 aliphatic rings. The van der Waals surface area contributed by atoms with Gasteiger partial charge in [0.1, 0.15) is 11.5 Å². The van der Waals surface area contributed by atoms with Gasteiger partial charge in [0.05, 0.1) is 9.92 Å². The molecule has 0 N–H and O–H groups in total. The Morgan fingerprint density at radius 1 is 1.00 bits per heavy atom. The molecule has 0 aromatic heterocycles. The van der Waals surface area contributed by atoms with E-state index in [0.717, 1.165) is 0 Å². The summed E-state index contributed by atoms with van der Waals surface area (Å²) in [5, 5.41) is 0.181. The van der Waals surface area contributed by atoms with E-state index in [1.54, 1.807) is 12.1 Å². The second-order valence-corrected chi connectivity index (χ2v) is 6.42. The number of para-hydroxylation sites is 1. The van der Waals surface area contributed by atoms with Crippen molar-refractivity contribution >= 4 is 31.3 Å². The van der Waals surface area contributed by atoms with E-state index in [-0.39, 0.29) is 9.92 Å². The third kappa shape index (κ3) is 3.16. The minimum Gasteiger partial charge on any atom is -0.456 e. The van der Waals surface area contributed by atoms with Crippen molar-refractivity contribution in [3.05, 3.63) is 53.6 Å². The first-order chi connectivity index (χ1) is 8.47. The van der Waals surface area contributed by atoms with Gasteiger partial charge in [-0.05, 0) is 30.3 Å². The van der Waals surface area contributed by atoms with Crippen LogP contribution >= 0.6 is 22.3 Å². The van der Waals surface area contributed by atoms with Crippen molar-refractivity contribution in [3.63, 3.8) is 0 Å². The van der Waals surface area contributed by atoms with Crippen LogP contribution < -0.4 is 4.74 Å². The van der Waals surface area contributed by atoms with Crippen molar-refractivity contribution in [1.82, 2.24) is 0 Å². The molecule has 0 atom stereocenters. The number of hydrogen-bond acceptors (Lipinski definition) is 3. The Morgan fingerprint density at radius 2 is 1.67 bits per heavy atom. The first-order valence-electron chi connectivity index (χ1n) is 4.94. The van der Waals surface area contributed by atoms with Crippen LogP contribution in [-0.4, -0.2) is 8.42 Å². The fraction of sp³-hybridized carbons (Fsp3) is 0. The van der Waals surface area contributed by atoms with Gasteiger partial charge in [-0.3, -0.25) is 0 Å². The summed E-state index contributed by atoms with van der Waals surface area (Å²) in [4.78, 5) is -0.0606. The third-order valence-corrected chi connectivity index (χ3v) is 3.80. The maximum absolute atomic E-state index is 11.1. The van der Waals surface area contributed by atoms with E-state index in [1.807, 2.05) is 18.2 Å². The van der Waals surface area contributed by atoms with Gasteiger partial charge in [-0.15, -0.1) is 0 Å². The van der Waals surface area contributed by atoms with E-state index in [4.69, 9.17) is 27.0 Å². The summed E-state index contributed by atoms with van der Waals surface area (Å²) < 4.78 is 27.7. The monoisotopic (exact) mass is 302 g/mol. The fourth-order valence-electron chi connectivity index (χ4n) is 1.33. The van der Waals surface area contributed by atoms with Gasteiger partial charge in [-0.25, -0.2) is 8.42 Å². The van der Waals surface area contributed by atoms with Crippen molar-refractivity contribution in [2.75, 3.05) is 0 Å². The summed E-state index contributed by atoms with van der Waals surface area (Å²) in [5.74, 6) is 0.979. The van der Waals surface area contributed by atoms with Crippen molar-refractivity contribution < 1.29 is 13.2 Å². The molecule has 6 heteroatoms. The van der Waals surface area contributed by atoms with Gasteiger partial charge in [0.15, 0.2) is 0 Å². The first kappa shape index (κ1) is 13.2. The molecule has 0 heterocycles. The molecule has 0 fully saturated rings. The Morgan fingerprint density at radius 3 is 2.22 bits per heavy atom. The molecule has 0 saturated heterocycles. The van der Waals surface area contributed by atoms with Crippen LogP contribution in [0.2, 0.25) is 5.02 Å². The summed E-state index contributed by atoms with van der Waals surface area (Å²) >= 11 is 5.94. The second-order valence-electron chi connectivity index (χ2n) is 3.45. The average molecular weight is 303 g/mol. The largest absolute Gasteiger partial charge is 0.456 e. The van der Waals surface area contributed by atoms with Crippen LogP contribution in [0.15, 0.2) is 53.4 Å². The number of halogens is 2. The number of ether oxygens (including phenoxy) is 1. The SMILES string of the molecule is O=S(=O)(Cl)c1ccc(Oc2ccccc2)c(Cl)c1. The maximum Gasteiger partial charge on any atom is 0.261 e. The molecule has 2 aromatic carbocycles. The number of hydrogen-bond donors (Lipinski definition) is 0. The highest BCUT2D eigenvalue weighted by molar-refractivity contribution is 8.13. The quantitative estimate of drug-likeness (QED) is 0.803. The highest BCUT2D eigenvalue weighted by Crippen LogP contribution is 2.31.